The molecule has 1 aliphatic heterocycles. The summed E-state index contributed by atoms with van der Waals surface area (Å²) in [5, 5.41) is 11.8. The largest absolute Gasteiger partial charge is 0.354 e. The van der Waals surface area contributed by atoms with Gasteiger partial charge in [-0.15, -0.1) is 10.2 Å². The molecule has 1 unspecified atom stereocenters. The number of nitrogens with zero attached hydrogens (tertiary/aromatic N) is 4. The number of rotatable bonds is 5. The summed E-state index contributed by atoms with van der Waals surface area (Å²) < 4.78 is 0. The third-order valence-corrected chi connectivity index (χ3v) is 3.83. The van der Waals surface area contributed by atoms with E-state index in [9.17, 15) is 4.79 Å². The van der Waals surface area contributed by atoms with Crippen LogP contribution in [0.5, 0.6) is 0 Å². The summed E-state index contributed by atoms with van der Waals surface area (Å²) in [7, 11) is 3.43. The average Bonchev–Trinajstić information content (AvgIpc) is 2.53. The first-order valence-corrected chi connectivity index (χ1v) is 7.65. The molecular weight excluding hydrogens is 266 g/mol. The number of amides is 1. The molecule has 1 aromatic heterocycles. The van der Waals surface area contributed by atoms with Gasteiger partial charge in [0.25, 0.3) is 5.91 Å². The summed E-state index contributed by atoms with van der Waals surface area (Å²) in [6.45, 7) is 5.04. The molecule has 1 aliphatic rings. The Morgan fingerprint density at radius 3 is 2.67 bits per heavy atom. The van der Waals surface area contributed by atoms with E-state index in [4.69, 9.17) is 0 Å². The van der Waals surface area contributed by atoms with Crippen LogP contribution >= 0.6 is 0 Å². The highest BCUT2D eigenvalue weighted by atomic mass is 16.2. The molecule has 0 saturated carbocycles. The number of carbonyl (C=O) groups excluding carboxylic acids is 1. The number of carbonyl (C=O) groups is 1. The van der Waals surface area contributed by atoms with Crippen molar-refractivity contribution in [2.45, 2.75) is 32.2 Å². The second-order valence-electron chi connectivity index (χ2n) is 5.66. The molecule has 0 radical (unpaired) electrons. The average molecular weight is 291 g/mol. The van der Waals surface area contributed by atoms with Crippen molar-refractivity contribution < 1.29 is 4.79 Å². The smallest absolute Gasteiger partial charge is 0.273 e. The van der Waals surface area contributed by atoms with E-state index in [1.54, 1.807) is 20.2 Å². The van der Waals surface area contributed by atoms with Crippen molar-refractivity contribution in [1.29, 1.82) is 0 Å². The van der Waals surface area contributed by atoms with Crippen molar-refractivity contribution in [1.82, 2.24) is 20.4 Å². The highest BCUT2D eigenvalue weighted by Crippen LogP contribution is 2.14. The van der Waals surface area contributed by atoms with Gasteiger partial charge in [0.2, 0.25) is 0 Å². The van der Waals surface area contributed by atoms with Crippen molar-refractivity contribution in [3.8, 4) is 0 Å². The Labute approximate surface area is 126 Å². The maximum atomic E-state index is 11.8. The van der Waals surface area contributed by atoms with Gasteiger partial charge in [-0.3, -0.25) is 4.79 Å². The number of nitrogens with one attached hydrogen (secondary N) is 1. The van der Waals surface area contributed by atoms with Gasteiger partial charge in [0.05, 0.1) is 0 Å². The Kier molecular flexibility index (Phi) is 5.50. The van der Waals surface area contributed by atoms with Gasteiger partial charge in [0.15, 0.2) is 11.5 Å². The number of likely N-dealkylation sites (N-methyl/N-ethyl adjacent to an activating group) is 1. The zero-order valence-corrected chi connectivity index (χ0v) is 13.2. The molecule has 1 atom stereocenters. The van der Waals surface area contributed by atoms with E-state index in [1.807, 2.05) is 6.07 Å². The molecule has 6 nitrogen and oxygen atoms in total. The first-order valence-electron chi connectivity index (χ1n) is 7.65. The minimum atomic E-state index is -0.119. The molecule has 0 aromatic carbocycles. The Bertz CT molecular complexity index is 454. The Morgan fingerprint density at radius 1 is 1.33 bits per heavy atom. The van der Waals surface area contributed by atoms with Crippen molar-refractivity contribution in [3.63, 3.8) is 0 Å². The van der Waals surface area contributed by atoms with Crippen LogP contribution in [-0.4, -0.2) is 60.8 Å². The number of anilines is 1. The van der Waals surface area contributed by atoms with Crippen molar-refractivity contribution >= 4 is 11.7 Å². The van der Waals surface area contributed by atoms with Gasteiger partial charge < -0.3 is 15.1 Å². The summed E-state index contributed by atoms with van der Waals surface area (Å²) >= 11 is 0. The van der Waals surface area contributed by atoms with E-state index in [0.29, 0.717) is 11.7 Å². The Balaban J connectivity index is 2.02. The summed E-state index contributed by atoms with van der Waals surface area (Å²) in [6.07, 6.45) is 3.77. The second kappa shape index (κ2) is 7.36. The van der Waals surface area contributed by atoms with Gasteiger partial charge in [-0.1, -0.05) is 6.42 Å². The quantitative estimate of drug-likeness (QED) is 0.881. The predicted octanol–water partition coefficient (Wildman–Crippen LogP) is 1.15. The van der Waals surface area contributed by atoms with Crippen LogP contribution in [0.2, 0.25) is 0 Å². The third kappa shape index (κ3) is 4.14. The molecule has 0 spiro atoms. The lowest BCUT2D eigenvalue weighted by Gasteiger charge is -2.30. The van der Waals surface area contributed by atoms with Crippen LogP contribution in [0.1, 0.15) is 36.7 Å². The lowest BCUT2D eigenvalue weighted by Crippen LogP contribution is -2.44. The fourth-order valence-corrected chi connectivity index (χ4v) is 2.57. The molecule has 1 amide bonds. The van der Waals surface area contributed by atoms with Crippen LogP contribution in [0, 0.1) is 0 Å². The van der Waals surface area contributed by atoms with Crippen LogP contribution < -0.4 is 10.2 Å². The van der Waals surface area contributed by atoms with Crippen LogP contribution in [0.25, 0.3) is 0 Å². The zero-order chi connectivity index (χ0) is 15.2. The first kappa shape index (κ1) is 15.7. The molecule has 116 valence electrons. The van der Waals surface area contributed by atoms with Gasteiger partial charge in [0.1, 0.15) is 0 Å². The van der Waals surface area contributed by atoms with Gasteiger partial charge in [-0.25, -0.2) is 0 Å². The molecule has 1 fully saturated rings. The molecule has 21 heavy (non-hydrogen) atoms. The van der Waals surface area contributed by atoms with Crippen molar-refractivity contribution in [2.75, 3.05) is 38.6 Å². The third-order valence-electron chi connectivity index (χ3n) is 3.83. The number of hydrogen-bond donors (Lipinski definition) is 1. The molecule has 1 saturated heterocycles. The van der Waals surface area contributed by atoms with Gasteiger partial charge in [0, 0.05) is 33.2 Å². The molecule has 1 aromatic rings. The molecule has 2 heterocycles. The molecule has 1 N–H and O–H groups in total. The number of hydrogen-bond acceptors (Lipinski definition) is 5. The molecule has 2 rings (SSSR count). The molecule has 0 aliphatic carbocycles. The zero-order valence-electron chi connectivity index (χ0n) is 13.2. The standard InChI is InChI=1S/C15H25N5O/c1-4-20(11-12-7-5-6-10-16-12)14-9-8-13(17-18-14)15(21)19(2)3/h8-9,12,16H,4-7,10-11H2,1-3H3. The normalized spacial score (nSPS) is 18.3. The molecular formula is C15H25N5O. The SMILES string of the molecule is CCN(CC1CCCCN1)c1ccc(C(=O)N(C)C)nn1. The minimum Gasteiger partial charge on any atom is -0.354 e. The second-order valence-corrected chi connectivity index (χ2v) is 5.66. The highest BCUT2D eigenvalue weighted by molar-refractivity contribution is 5.91. The minimum absolute atomic E-state index is 0.119. The molecule has 0 bridgehead atoms. The lowest BCUT2D eigenvalue weighted by molar-refractivity contribution is 0.0821. The Morgan fingerprint density at radius 2 is 2.14 bits per heavy atom. The van der Waals surface area contributed by atoms with E-state index in [-0.39, 0.29) is 5.91 Å². The van der Waals surface area contributed by atoms with Crippen LogP contribution in [-0.2, 0) is 0 Å². The summed E-state index contributed by atoms with van der Waals surface area (Å²) in [5.41, 5.74) is 0.385. The van der Waals surface area contributed by atoms with E-state index < -0.39 is 0 Å². The fraction of sp³-hybridized carbons (Fsp3) is 0.667. The number of piperidine rings is 1. The van der Waals surface area contributed by atoms with Gasteiger partial charge in [-0.05, 0) is 38.4 Å². The van der Waals surface area contributed by atoms with Crippen LogP contribution in [0.3, 0.4) is 0 Å². The predicted molar refractivity (Wildman–Crippen MR) is 83.6 cm³/mol. The monoisotopic (exact) mass is 291 g/mol. The number of aromatic nitrogens is 2. The molecule has 6 heteroatoms. The maximum Gasteiger partial charge on any atom is 0.273 e. The van der Waals surface area contributed by atoms with Crippen LogP contribution in [0.15, 0.2) is 12.1 Å². The van der Waals surface area contributed by atoms with E-state index >= 15 is 0 Å². The van der Waals surface area contributed by atoms with E-state index in [1.165, 1.54) is 24.2 Å². The van der Waals surface area contributed by atoms with Crippen molar-refractivity contribution in [2.24, 2.45) is 0 Å². The fourth-order valence-electron chi connectivity index (χ4n) is 2.57. The highest BCUT2D eigenvalue weighted by Gasteiger charge is 2.18. The van der Waals surface area contributed by atoms with Gasteiger partial charge in [-0.2, -0.15) is 0 Å². The maximum absolute atomic E-state index is 11.8. The first-order chi connectivity index (χ1) is 10.1. The summed E-state index contributed by atoms with van der Waals surface area (Å²) in [6, 6.07) is 4.15. The summed E-state index contributed by atoms with van der Waals surface area (Å²) in [4.78, 5) is 15.5. The van der Waals surface area contributed by atoms with Crippen molar-refractivity contribution in [3.05, 3.63) is 17.8 Å². The summed E-state index contributed by atoms with van der Waals surface area (Å²) in [5.74, 6) is 0.714. The Hall–Kier alpha value is -1.69. The van der Waals surface area contributed by atoms with Gasteiger partial charge >= 0.3 is 0 Å². The van der Waals surface area contributed by atoms with E-state index in [2.05, 4.69) is 27.3 Å². The van der Waals surface area contributed by atoms with E-state index in [0.717, 1.165) is 25.5 Å². The topological polar surface area (TPSA) is 61.4 Å². The van der Waals surface area contributed by atoms with Crippen LogP contribution in [0.4, 0.5) is 5.82 Å². The lowest BCUT2D eigenvalue weighted by atomic mass is 10.0.